The fourth-order valence-electron chi connectivity index (χ4n) is 2.35. The minimum Gasteiger partial charge on any atom is -0.548 e. The number of hydrogen-bond acceptors (Lipinski definition) is 3. The zero-order chi connectivity index (χ0) is 17.9. The summed E-state index contributed by atoms with van der Waals surface area (Å²) in [4.78, 5) is 26.0. The SMILES string of the molecule is CCC(C)(C(=O)[O-])N(C(=O)c1ccccc1)c1ccc(Cl)c(Cl)c1. The van der Waals surface area contributed by atoms with Crippen LogP contribution in [0, 0.1) is 0 Å². The van der Waals surface area contributed by atoms with Crippen molar-refractivity contribution in [3.05, 3.63) is 64.1 Å². The molecule has 0 heterocycles. The van der Waals surface area contributed by atoms with Gasteiger partial charge in [0.2, 0.25) is 0 Å². The summed E-state index contributed by atoms with van der Waals surface area (Å²) in [7, 11) is 0. The van der Waals surface area contributed by atoms with E-state index >= 15 is 0 Å². The van der Waals surface area contributed by atoms with Gasteiger partial charge in [0.1, 0.15) is 0 Å². The van der Waals surface area contributed by atoms with Crippen molar-refractivity contribution in [3.63, 3.8) is 0 Å². The van der Waals surface area contributed by atoms with Gasteiger partial charge in [-0.1, -0.05) is 48.3 Å². The normalized spacial score (nSPS) is 13.2. The van der Waals surface area contributed by atoms with E-state index in [0.29, 0.717) is 16.3 Å². The monoisotopic (exact) mass is 364 g/mol. The first-order valence-corrected chi connectivity index (χ1v) is 8.13. The number of benzene rings is 2. The molecule has 0 aliphatic rings. The van der Waals surface area contributed by atoms with Crippen molar-refractivity contribution in [2.75, 3.05) is 4.90 Å². The maximum Gasteiger partial charge on any atom is 0.259 e. The second kappa shape index (κ2) is 7.24. The molecule has 0 aliphatic heterocycles. The topological polar surface area (TPSA) is 60.4 Å². The molecule has 2 aromatic rings. The Morgan fingerprint density at radius 2 is 1.71 bits per heavy atom. The standard InChI is InChI=1S/C18H17Cl2NO3/c1-3-18(2,17(23)24)21(13-9-10-14(19)15(20)11-13)16(22)12-7-5-4-6-8-12/h4-11H,3H2,1-2H3,(H,23,24)/p-1. The number of carboxylic acid groups (broad SMARTS) is 1. The number of aliphatic carboxylic acids is 1. The van der Waals surface area contributed by atoms with Gasteiger partial charge in [-0.2, -0.15) is 0 Å². The molecule has 1 unspecified atom stereocenters. The first-order chi connectivity index (χ1) is 11.3. The maximum atomic E-state index is 13.0. The minimum absolute atomic E-state index is 0.161. The van der Waals surface area contributed by atoms with Crippen molar-refractivity contribution in [3.8, 4) is 0 Å². The number of halogens is 2. The van der Waals surface area contributed by atoms with Gasteiger partial charge in [-0.25, -0.2) is 0 Å². The molecule has 24 heavy (non-hydrogen) atoms. The Balaban J connectivity index is 2.63. The summed E-state index contributed by atoms with van der Waals surface area (Å²) >= 11 is 12.0. The Morgan fingerprint density at radius 1 is 1.08 bits per heavy atom. The molecule has 0 saturated carbocycles. The van der Waals surface area contributed by atoms with Gasteiger partial charge in [-0.05, 0) is 43.7 Å². The lowest BCUT2D eigenvalue weighted by Gasteiger charge is -2.41. The summed E-state index contributed by atoms with van der Waals surface area (Å²) in [5.41, 5.74) is -0.833. The largest absolute Gasteiger partial charge is 0.548 e. The zero-order valence-corrected chi connectivity index (χ0v) is 14.8. The molecule has 1 amide bonds. The first-order valence-electron chi connectivity index (χ1n) is 7.37. The van der Waals surface area contributed by atoms with Gasteiger partial charge in [0, 0.05) is 11.3 Å². The highest BCUT2D eigenvalue weighted by Gasteiger charge is 2.37. The predicted octanol–water partition coefficient (Wildman–Crippen LogP) is 3.56. The Hall–Kier alpha value is -2.04. The van der Waals surface area contributed by atoms with Gasteiger partial charge < -0.3 is 9.90 Å². The third-order valence-corrected chi connectivity index (χ3v) is 4.75. The van der Waals surface area contributed by atoms with E-state index in [0.717, 1.165) is 0 Å². The van der Waals surface area contributed by atoms with Crippen molar-refractivity contribution in [2.45, 2.75) is 25.8 Å². The van der Waals surface area contributed by atoms with Crippen LogP contribution in [0.2, 0.25) is 10.0 Å². The number of carboxylic acids is 1. The Labute approximate surface area is 150 Å². The van der Waals surface area contributed by atoms with Crippen LogP contribution in [0.5, 0.6) is 0 Å². The maximum absolute atomic E-state index is 13.0. The molecular formula is C18H16Cl2NO3-. The molecule has 0 radical (unpaired) electrons. The third kappa shape index (κ3) is 3.40. The molecule has 0 aliphatic carbocycles. The lowest BCUT2D eigenvalue weighted by molar-refractivity contribution is -0.312. The predicted molar refractivity (Wildman–Crippen MR) is 93.4 cm³/mol. The molecule has 0 fully saturated rings. The molecule has 0 aromatic heterocycles. The number of carbonyl (C=O) groups excluding carboxylic acids is 2. The van der Waals surface area contributed by atoms with Crippen LogP contribution >= 0.6 is 23.2 Å². The molecular weight excluding hydrogens is 349 g/mol. The molecule has 2 aromatic carbocycles. The van der Waals surface area contributed by atoms with Gasteiger partial charge in [0.15, 0.2) is 0 Å². The van der Waals surface area contributed by atoms with Crippen molar-refractivity contribution in [2.24, 2.45) is 0 Å². The Bertz CT molecular complexity index is 764. The van der Waals surface area contributed by atoms with Crippen LogP contribution in [0.3, 0.4) is 0 Å². The molecule has 0 N–H and O–H groups in total. The smallest absolute Gasteiger partial charge is 0.259 e. The van der Waals surface area contributed by atoms with Crippen LogP contribution < -0.4 is 10.0 Å². The fraction of sp³-hybridized carbons (Fsp3) is 0.222. The van der Waals surface area contributed by atoms with Crippen molar-refractivity contribution < 1.29 is 14.7 Å². The third-order valence-electron chi connectivity index (χ3n) is 4.01. The van der Waals surface area contributed by atoms with Crippen LogP contribution in [0.15, 0.2) is 48.5 Å². The number of carbonyl (C=O) groups is 2. The molecule has 2 rings (SSSR count). The van der Waals surface area contributed by atoms with E-state index in [2.05, 4.69) is 0 Å². The van der Waals surface area contributed by atoms with Gasteiger partial charge in [-0.3, -0.25) is 9.69 Å². The number of nitrogens with zero attached hydrogens (tertiary/aromatic N) is 1. The molecule has 0 spiro atoms. The van der Waals surface area contributed by atoms with E-state index in [1.807, 2.05) is 0 Å². The van der Waals surface area contributed by atoms with Gasteiger partial charge in [-0.15, -0.1) is 0 Å². The molecule has 1 atom stereocenters. The quantitative estimate of drug-likeness (QED) is 0.814. The molecule has 6 heteroatoms. The van der Waals surface area contributed by atoms with Gasteiger partial charge >= 0.3 is 0 Å². The average Bonchev–Trinajstić information content (AvgIpc) is 2.58. The fourth-order valence-corrected chi connectivity index (χ4v) is 2.65. The van der Waals surface area contributed by atoms with Crippen LogP contribution in [-0.2, 0) is 4.79 Å². The van der Waals surface area contributed by atoms with Crippen LogP contribution in [-0.4, -0.2) is 17.4 Å². The van der Waals surface area contributed by atoms with Crippen LogP contribution in [0.1, 0.15) is 30.6 Å². The van der Waals surface area contributed by atoms with Crippen molar-refractivity contribution >= 4 is 40.8 Å². The first kappa shape index (κ1) is 18.3. The molecule has 0 bridgehead atoms. The zero-order valence-electron chi connectivity index (χ0n) is 13.3. The lowest BCUT2D eigenvalue weighted by atomic mass is 9.94. The van der Waals surface area contributed by atoms with Gasteiger partial charge in [0.05, 0.1) is 21.6 Å². The number of rotatable bonds is 5. The number of amides is 1. The highest BCUT2D eigenvalue weighted by molar-refractivity contribution is 6.42. The summed E-state index contributed by atoms with van der Waals surface area (Å²) < 4.78 is 0. The number of anilines is 1. The Kier molecular flexibility index (Phi) is 5.52. The van der Waals surface area contributed by atoms with E-state index in [1.54, 1.807) is 43.3 Å². The lowest BCUT2D eigenvalue weighted by Crippen LogP contribution is -2.60. The number of hydrogen-bond donors (Lipinski definition) is 0. The summed E-state index contributed by atoms with van der Waals surface area (Å²) in [6.45, 7) is 3.13. The summed E-state index contributed by atoms with van der Waals surface area (Å²) in [5, 5.41) is 12.3. The highest BCUT2D eigenvalue weighted by Crippen LogP contribution is 2.33. The summed E-state index contributed by atoms with van der Waals surface area (Å²) in [6, 6.07) is 13.0. The van der Waals surface area contributed by atoms with E-state index < -0.39 is 17.4 Å². The van der Waals surface area contributed by atoms with Crippen LogP contribution in [0.25, 0.3) is 0 Å². The van der Waals surface area contributed by atoms with E-state index in [9.17, 15) is 14.7 Å². The van der Waals surface area contributed by atoms with Crippen molar-refractivity contribution in [1.82, 2.24) is 0 Å². The second-order valence-electron chi connectivity index (χ2n) is 5.52. The summed E-state index contributed by atoms with van der Waals surface area (Å²) in [5.74, 6) is -1.80. The van der Waals surface area contributed by atoms with Crippen LogP contribution in [0.4, 0.5) is 5.69 Å². The molecule has 126 valence electrons. The highest BCUT2D eigenvalue weighted by atomic mass is 35.5. The summed E-state index contributed by atoms with van der Waals surface area (Å²) in [6.07, 6.45) is 0.161. The Morgan fingerprint density at radius 3 is 2.21 bits per heavy atom. The van der Waals surface area contributed by atoms with Gasteiger partial charge in [0.25, 0.3) is 5.91 Å². The second-order valence-corrected chi connectivity index (χ2v) is 6.33. The molecule has 0 saturated heterocycles. The van der Waals surface area contributed by atoms with Crippen molar-refractivity contribution in [1.29, 1.82) is 0 Å². The van der Waals surface area contributed by atoms with E-state index in [1.165, 1.54) is 24.0 Å². The molecule has 4 nitrogen and oxygen atoms in total. The van der Waals surface area contributed by atoms with E-state index in [4.69, 9.17) is 23.2 Å². The van der Waals surface area contributed by atoms with E-state index in [-0.39, 0.29) is 11.4 Å². The minimum atomic E-state index is -1.54. The average molecular weight is 365 g/mol.